The molecule has 0 amide bonds. The molecule has 0 bridgehead atoms. The molecule has 1 atom stereocenters. The van der Waals surface area contributed by atoms with E-state index in [4.69, 9.17) is 15.2 Å². The van der Waals surface area contributed by atoms with E-state index in [1.807, 2.05) is 0 Å². The minimum Gasteiger partial charge on any atom is -0.493 e. The van der Waals surface area contributed by atoms with E-state index in [2.05, 4.69) is 4.98 Å². The Bertz CT molecular complexity index is 632. The molecule has 0 fully saturated rings. The van der Waals surface area contributed by atoms with Crippen molar-refractivity contribution < 1.29 is 13.7 Å². The van der Waals surface area contributed by atoms with Crippen LogP contribution in [0.25, 0.3) is 0 Å². The van der Waals surface area contributed by atoms with Gasteiger partial charge >= 0.3 is 0 Å². The number of benzene rings is 1. The van der Waals surface area contributed by atoms with Crippen LogP contribution in [-0.2, 0) is 16.6 Å². The third-order valence-electron chi connectivity index (χ3n) is 2.76. The second-order valence-corrected chi connectivity index (χ2v) is 5.51. The molecule has 1 unspecified atom stereocenters. The first kappa shape index (κ1) is 14.3. The van der Waals surface area contributed by atoms with Gasteiger partial charge in [0.25, 0.3) is 0 Å². The summed E-state index contributed by atoms with van der Waals surface area (Å²) in [5.41, 5.74) is 6.87. The first-order valence-electron chi connectivity index (χ1n) is 5.95. The zero-order chi connectivity index (χ0) is 14.5. The Hall–Kier alpha value is -2.08. The molecule has 0 saturated heterocycles. The van der Waals surface area contributed by atoms with Gasteiger partial charge in [0.05, 0.1) is 36.5 Å². The quantitative estimate of drug-likeness (QED) is 0.853. The van der Waals surface area contributed by atoms with Crippen molar-refractivity contribution in [3.05, 3.63) is 42.2 Å². The highest BCUT2D eigenvalue weighted by molar-refractivity contribution is 7.84. The average molecular weight is 292 g/mol. The number of ether oxygens (including phenoxy) is 2. The van der Waals surface area contributed by atoms with Crippen LogP contribution in [0.2, 0.25) is 0 Å². The largest absolute Gasteiger partial charge is 0.493 e. The Morgan fingerprint density at radius 1 is 1.25 bits per heavy atom. The van der Waals surface area contributed by atoms with Crippen molar-refractivity contribution >= 4 is 16.5 Å². The molecule has 2 aromatic rings. The number of hydrogen-bond donors (Lipinski definition) is 1. The van der Waals surface area contributed by atoms with E-state index in [0.717, 1.165) is 0 Å². The lowest BCUT2D eigenvalue weighted by atomic mass is 10.3. The van der Waals surface area contributed by atoms with Crippen molar-refractivity contribution in [2.75, 3.05) is 20.0 Å². The predicted molar refractivity (Wildman–Crippen MR) is 78.3 cm³/mol. The Kier molecular flexibility index (Phi) is 4.57. The van der Waals surface area contributed by atoms with Gasteiger partial charge in [0.15, 0.2) is 11.5 Å². The molecule has 0 spiro atoms. The number of nitrogens with two attached hydrogens (primary N) is 1. The molecule has 6 heteroatoms. The van der Waals surface area contributed by atoms with Crippen LogP contribution in [0.15, 0.2) is 41.4 Å². The molecule has 20 heavy (non-hydrogen) atoms. The fraction of sp³-hybridized carbons (Fsp3) is 0.214. The highest BCUT2D eigenvalue weighted by Crippen LogP contribution is 2.30. The number of rotatable bonds is 5. The van der Waals surface area contributed by atoms with Crippen LogP contribution in [-0.4, -0.2) is 23.4 Å². The highest BCUT2D eigenvalue weighted by atomic mass is 32.2. The second-order valence-electron chi connectivity index (χ2n) is 4.06. The van der Waals surface area contributed by atoms with E-state index >= 15 is 0 Å². The molecular formula is C14H16N2O3S. The molecule has 0 aliphatic heterocycles. The van der Waals surface area contributed by atoms with Gasteiger partial charge in [0.2, 0.25) is 0 Å². The summed E-state index contributed by atoms with van der Waals surface area (Å²) in [6.07, 6.45) is 1.60. The lowest BCUT2D eigenvalue weighted by Crippen LogP contribution is -2.03. The van der Waals surface area contributed by atoms with Crippen LogP contribution in [0.1, 0.15) is 5.69 Å². The van der Waals surface area contributed by atoms with Crippen LogP contribution in [0.3, 0.4) is 0 Å². The summed E-state index contributed by atoms with van der Waals surface area (Å²) in [7, 11) is 1.84. The third kappa shape index (κ3) is 3.08. The average Bonchev–Trinajstić information content (AvgIpc) is 2.46. The molecular weight excluding hydrogens is 276 g/mol. The smallest absolute Gasteiger partial charge is 0.183 e. The van der Waals surface area contributed by atoms with E-state index < -0.39 is 10.8 Å². The maximum atomic E-state index is 12.4. The Morgan fingerprint density at radius 2 is 2.05 bits per heavy atom. The van der Waals surface area contributed by atoms with Gasteiger partial charge in [-0.3, -0.25) is 9.19 Å². The van der Waals surface area contributed by atoms with Gasteiger partial charge in [-0.05, 0) is 18.2 Å². The molecule has 0 aliphatic rings. The van der Waals surface area contributed by atoms with Crippen molar-refractivity contribution in [2.24, 2.45) is 0 Å². The standard InChI is InChI=1S/C14H16N2O3S/c1-18-13-6-7-16-12(14(13)19-2)9-20(17)11-5-3-4-10(15)8-11/h3-8H,9,15H2,1-2H3. The van der Waals surface area contributed by atoms with Crippen LogP contribution in [0, 0.1) is 0 Å². The summed E-state index contributed by atoms with van der Waals surface area (Å²) in [6, 6.07) is 8.71. The molecule has 5 nitrogen and oxygen atoms in total. The number of hydrogen-bond acceptors (Lipinski definition) is 5. The molecule has 2 N–H and O–H groups in total. The molecule has 1 aromatic carbocycles. The normalized spacial score (nSPS) is 11.9. The molecule has 2 rings (SSSR count). The number of aromatic nitrogens is 1. The van der Waals surface area contributed by atoms with E-state index in [-0.39, 0.29) is 5.75 Å². The van der Waals surface area contributed by atoms with Gasteiger partial charge in [-0.25, -0.2) is 0 Å². The minimum atomic E-state index is -1.24. The van der Waals surface area contributed by atoms with Crippen molar-refractivity contribution in [3.8, 4) is 11.5 Å². The van der Waals surface area contributed by atoms with E-state index in [0.29, 0.717) is 27.8 Å². The first-order valence-corrected chi connectivity index (χ1v) is 7.27. The summed E-state index contributed by atoms with van der Waals surface area (Å²) in [6.45, 7) is 0. The Balaban J connectivity index is 2.28. The summed E-state index contributed by atoms with van der Waals surface area (Å²) in [5.74, 6) is 1.32. The molecule has 1 heterocycles. The SMILES string of the molecule is COc1ccnc(CS(=O)c2cccc(N)c2)c1OC. The summed E-state index contributed by atoms with van der Waals surface area (Å²) in [4.78, 5) is 4.88. The van der Waals surface area contributed by atoms with Crippen LogP contribution >= 0.6 is 0 Å². The maximum absolute atomic E-state index is 12.4. The monoisotopic (exact) mass is 292 g/mol. The van der Waals surface area contributed by atoms with Crippen molar-refractivity contribution in [1.29, 1.82) is 0 Å². The number of anilines is 1. The fourth-order valence-electron chi connectivity index (χ4n) is 1.82. The van der Waals surface area contributed by atoms with Gasteiger partial charge in [-0.15, -0.1) is 0 Å². The number of methoxy groups -OCH3 is 2. The fourth-order valence-corrected chi connectivity index (χ4v) is 2.94. The summed E-state index contributed by atoms with van der Waals surface area (Å²) < 4.78 is 22.8. The third-order valence-corrected chi connectivity index (χ3v) is 4.07. The zero-order valence-corrected chi connectivity index (χ0v) is 12.1. The summed E-state index contributed by atoms with van der Waals surface area (Å²) in [5, 5.41) is 0. The van der Waals surface area contributed by atoms with E-state index in [1.54, 1.807) is 43.6 Å². The zero-order valence-electron chi connectivity index (χ0n) is 11.3. The predicted octanol–water partition coefficient (Wildman–Crippen LogP) is 1.99. The minimum absolute atomic E-state index is 0.240. The lowest BCUT2D eigenvalue weighted by molar-refractivity contribution is 0.350. The van der Waals surface area contributed by atoms with Gasteiger partial charge in [0, 0.05) is 22.8 Å². The van der Waals surface area contributed by atoms with Gasteiger partial charge < -0.3 is 15.2 Å². The Labute approximate surface area is 120 Å². The topological polar surface area (TPSA) is 74.4 Å². The number of nitrogens with zero attached hydrogens (tertiary/aromatic N) is 1. The molecule has 106 valence electrons. The van der Waals surface area contributed by atoms with Crippen LogP contribution < -0.4 is 15.2 Å². The number of nitrogen functional groups attached to an aromatic ring is 1. The maximum Gasteiger partial charge on any atom is 0.183 e. The Morgan fingerprint density at radius 3 is 2.70 bits per heavy atom. The molecule has 0 radical (unpaired) electrons. The van der Waals surface area contributed by atoms with E-state index in [9.17, 15) is 4.21 Å². The number of pyridine rings is 1. The van der Waals surface area contributed by atoms with Crippen LogP contribution in [0.4, 0.5) is 5.69 Å². The van der Waals surface area contributed by atoms with Crippen molar-refractivity contribution in [2.45, 2.75) is 10.6 Å². The van der Waals surface area contributed by atoms with Crippen LogP contribution in [0.5, 0.6) is 11.5 Å². The van der Waals surface area contributed by atoms with Gasteiger partial charge in [-0.2, -0.15) is 0 Å². The summed E-state index contributed by atoms with van der Waals surface area (Å²) >= 11 is 0. The van der Waals surface area contributed by atoms with Gasteiger partial charge in [-0.1, -0.05) is 6.07 Å². The first-order chi connectivity index (χ1) is 9.65. The van der Waals surface area contributed by atoms with Crippen molar-refractivity contribution in [1.82, 2.24) is 4.98 Å². The van der Waals surface area contributed by atoms with E-state index in [1.165, 1.54) is 7.11 Å². The lowest BCUT2D eigenvalue weighted by Gasteiger charge is -2.11. The van der Waals surface area contributed by atoms with Gasteiger partial charge in [0.1, 0.15) is 0 Å². The second kappa shape index (κ2) is 6.38. The van der Waals surface area contributed by atoms with Crippen molar-refractivity contribution in [3.63, 3.8) is 0 Å². The molecule has 0 saturated carbocycles. The highest BCUT2D eigenvalue weighted by Gasteiger charge is 2.15. The molecule has 0 aliphatic carbocycles. The molecule has 1 aromatic heterocycles.